The first-order chi connectivity index (χ1) is 10.1. The van der Waals surface area contributed by atoms with Crippen molar-refractivity contribution in [3.05, 3.63) is 34.3 Å². The second-order valence-electron chi connectivity index (χ2n) is 6.00. The van der Waals surface area contributed by atoms with Gasteiger partial charge in [-0.1, -0.05) is 28.1 Å². The van der Waals surface area contributed by atoms with Gasteiger partial charge in [0, 0.05) is 11.0 Å². The van der Waals surface area contributed by atoms with Crippen LogP contribution in [0.25, 0.3) is 0 Å². The molecule has 3 N–H and O–H groups in total. The van der Waals surface area contributed by atoms with Crippen molar-refractivity contribution in [3.63, 3.8) is 0 Å². The summed E-state index contributed by atoms with van der Waals surface area (Å²) in [6, 6.07) is 8.20. The lowest BCUT2D eigenvalue weighted by Crippen LogP contribution is -2.53. The molecule has 1 aromatic carbocycles. The Balaban J connectivity index is 0.00000176. The molecule has 0 bridgehead atoms. The van der Waals surface area contributed by atoms with Crippen LogP contribution in [0.15, 0.2) is 28.7 Å². The molecule has 22 heavy (non-hydrogen) atoms. The zero-order valence-electron chi connectivity index (χ0n) is 12.4. The summed E-state index contributed by atoms with van der Waals surface area (Å²) in [5, 5.41) is 3.23. The quantitative estimate of drug-likeness (QED) is 0.832. The molecule has 1 saturated heterocycles. The van der Waals surface area contributed by atoms with Crippen LogP contribution >= 0.6 is 28.3 Å². The molecule has 0 spiro atoms. The second kappa shape index (κ2) is 7.30. The number of nitrogens with two attached hydrogens (primary N) is 1. The number of carbonyl (C=O) groups excluding carboxylic acids is 1. The lowest BCUT2D eigenvalue weighted by Gasteiger charge is -2.43. The second-order valence-corrected chi connectivity index (χ2v) is 6.91. The van der Waals surface area contributed by atoms with Crippen LogP contribution in [-0.2, 0) is 15.1 Å². The van der Waals surface area contributed by atoms with Crippen molar-refractivity contribution >= 4 is 34.2 Å². The molecule has 3 rings (SSSR count). The molecule has 1 aliphatic heterocycles. The summed E-state index contributed by atoms with van der Waals surface area (Å²) in [5.74, 6) is 0.00521. The first kappa shape index (κ1) is 17.7. The van der Waals surface area contributed by atoms with E-state index in [2.05, 4.69) is 33.4 Å². The molecular weight excluding hydrogens is 368 g/mol. The summed E-state index contributed by atoms with van der Waals surface area (Å²) >= 11 is 3.51. The van der Waals surface area contributed by atoms with Crippen molar-refractivity contribution in [1.82, 2.24) is 5.32 Å². The molecule has 1 aliphatic carbocycles. The molecule has 0 aromatic heterocycles. The number of amides is 1. The predicted molar refractivity (Wildman–Crippen MR) is 92.0 cm³/mol. The number of rotatable bonds is 4. The van der Waals surface area contributed by atoms with E-state index in [0.29, 0.717) is 6.54 Å². The summed E-state index contributed by atoms with van der Waals surface area (Å²) in [4.78, 5) is 12.5. The van der Waals surface area contributed by atoms with Crippen LogP contribution in [0.4, 0.5) is 0 Å². The van der Waals surface area contributed by atoms with Gasteiger partial charge in [0.1, 0.15) is 6.10 Å². The molecule has 0 unspecified atom stereocenters. The molecular formula is C16H22BrClN2O2. The van der Waals surface area contributed by atoms with E-state index >= 15 is 0 Å². The van der Waals surface area contributed by atoms with Crippen LogP contribution in [0.1, 0.15) is 37.7 Å². The summed E-state index contributed by atoms with van der Waals surface area (Å²) in [6.07, 6.45) is 4.45. The Kier molecular flexibility index (Phi) is 5.88. The highest BCUT2D eigenvalue weighted by Gasteiger charge is 2.42. The number of nitrogens with one attached hydrogen (secondary N) is 1. The number of hydrogen-bond acceptors (Lipinski definition) is 3. The summed E-state index contributed by atoms with van der Waals surface area (Å²) in [7, 11) is 0. The fraction of sp³-hybridized carbons (Fsp3) is 0.562. The van der Waals surface area contributed by atoms with Gasteiger partial charge in [0.2, 0.25) is 5.91 Å². The normalized spacial score (nSPS) is 25.9. The Hall–Kier alpha value is -0.620. The van der Waals surface area contributed by atoms with Gasteiger partial charge in [0.15, 0.2) is 0 Å². The molecule has 6 heteroatoms. The number of benzene rings is 1. The summed E-state index contributed by atoms with van der Waals surface area (Å²) < 4.78 is 6.74. The van der Waals surface area contributed by atoms with E-state index in [1.54, 1.807) is 0 Å². The van der Waals surface area contributed by atoms with Crippen molar-refractivity contribution in [2.45, 2.75) is 49.9 Å². The maximum absolute atomic E-state index is 12.5. The first-order valence-corrected chi connectivity index (χ1v) is 8.36. The molecule has 2 aliphatic rings. The maximum Gasteiger partial charge on any atom is 0.249 e. The number of ether oxygens (including phenoxy) is 1. The molecule has 1 amide bonds. The highest BCUT2D eigenvalue weighted by molar-refractivity contribution is 9.10. The molecule has 1 saturated carbocycles. The Morgan fingerprint density at radius 1 is 1.41 bits per heavy atom. The third-order valence-electron chi connectivity index (χ3n) is 4.61. The van der Waals surface area contributed by atoms with E-state index < -0.39 is 0 Å². The number of halogens is 2. The van der Waals surface area contributed by atoms with Gasteiger partial charge in [0.25, 0.3) is 0 Å². The van der Waals surface area contributed by atoms with Crippen molar-refractivity contribution in [1.29, 1.82) is 0 Å². The van der Waals surface area contributed by atoms with Crippen molar-refractivity contribution < 1.29 is 9.53 Å². The molecule has 1 heterocycles. The Morgan fingerprint density at radius 3 is 2.73 bits per heavy atom. The summed E-state index contributed by atoms with van der Waals surface area (Å²) in [6.45, 7) is 0.487. The highest BCUT2D eigenvalue weighted by Crippen LogP contribution is 2.42. The lowest BCUT2D eigenvalue weighted by molar-refractivity contribution is -0.135. The van der Waals surface area contributed by atoms with Crippen LogP contribution in [-0.4, -0.2) is 24.7 Å². The zero-order valence-corrected chi connectivity index (χ0v) is 14.8. The zero-order chi connectivity index (χ0) is 14.9. The Labute approximate surface area is 145 Å². The van der Waals surface area contributed by atoms with Crippen LogP contribution in [0.3, 0.4) is 0 Å². The van der Waals surface area contributed by atoms with E-state index in [-0.39, 0.29) is 36.1 Å². The van der Waals surface area contributed by atoms with E-state index in [1.807, 2.05) is 12.1 Å². The molecule has 2 atom stereocenters. The number of carbonyl (C=O) groups is 1. The van der Waals surface area contributed by atoms with Gasteiger partial charge in [0.05, 0.1) is 11.6 Å². The monoisotopic (exact) mass is 388 g/mol. The van der Waals surface area contributed by atoms with Gasteiger partial charge in [-0.2, -0.15) is 0 Å². The van der Waals surface area contributed by atoms with Crippen molar-refractivity contribution in [3.8, 4) is 0 Å². The van der Waals surface area contributed by atoms with Crippen LogP contribution in [0.5, 0.6) is 0 Å². The Bertz CT molecular complexity index is 537. The molecule has 4 nitrogen and oxygen atoms in total. The average molecular weight is 390 g/mol. The third-order valence-corrected chi connectivity index (χ3v) is 5.10. The fourth-order valence-corrected chi connectivity index (χ4v) is 3.59. The minimum absolute atomic E-state index is 0. The molecule has 0 radical (unpaired) electrons. The molecule has 122 valence electrons. The van der Waals surface area contributed by atoms with E-state index in [4.69, 9.17) is 10.5 Å². The minimum Gasteiger partial charge on any atom is -0.364 e. The van der Waals surface area contributed by atoms with Crippen LogP contribution < -0.4 is 11.1 Å². The number of hydrogen-bond donors (Lipinski definition) is 2. The van der Waals surface area contributed by atoms with Crippen LogP contribution in [0, 0.1) is 0 Å². The van der Waals surface area contributed by atoms with Gasteiger partial charge < -0.3 is 15.8 Å². The van der Waals surface area contributed by atoms with Crippen molar-refractivity contribution in [2.75, 3.05) is 6.54 Å². The van der Waals surface area contributed by atoms with E-state index in [9.17, 15) is 4.79 Å². The standard InChI is InChI=1S/C16H21BrN2O2.ClH/c17-12-4-1-3-11(9-12)16(7-2-8-16)19-15(20)14-6-5-13(10-18)21-14;/h1,3-4,9,13-14H,2,5-8,10,18H2,(H,19,20);1H/t13-,14+;/m1./s1. The fourth-order valence-electron chi connectivity index (χ4n) is 3.19. The van der Waals surface area contributed by atoms with Crippen molar-refractivity contribution in [2.24, 2.45) is 5.73 Å². The van der Waals surface area contributed by atoms with E-state index in [1.165, 1.54) is 5.56 Å². The molecule has 2 fully saturated rings. The highest BCUT2D eigenvalue weighted by atomic mass is 79.9. The topological polar surface area (TPSA) is 64.4 Å². The lowest BCUT2D eigenvalue weighted by atomic mass is 9.71. The maximum atomic E-state index is 12.5. The summed E-state index contributed by atoms with van der Waals surface area (Å²) in [5.41, 5.74) is 6.56. The van der Waals surface area contributed by atoms with Gasteiger partial charge >= 0.3 is 0 Å². The van der Waals surface area contributed by atoms with Gasteiger partial charge in [-0.25, -0.2) is 0 Å². The Morgan fingerprint density at radius 2 is 2.18 bits per heavy atom. The molecule has 1 aromatic rings. The minimum atomic E-state index is -0.344. The van der Waals surface area contributed by atoms with Crippen LogP contribution in [0.2, 0.25) is 0 Å². The average Bonchev–Trinajstić information content (AvgIpc) is 2.91. The smallest absolute Gasteiger partial charge is 0.249 e. The van der Waals surface area contributed by atoms with Gasteiger partial charge in [-0.15, -0.1) is 12.4 Å². The SMILES string of the molecule is Cl.NC[C@H]1CC[C@@H](C(=O)NC2(c3cccc(Br)c3)CCC2)O1. The third kappa shape index (κ3) is 3.48. The first-order valence-electron chi connectivity index (χ1n) is 7.56. The van der Waals surface area contributed by atoms with E-state index in [0.717, 1.165) is 36.6 Å². The largest absolute Gasteiger partial charge is 0.364 e. The van der Waals surface area contributed by atoms with Gasteiger partial charge in [-0.3, -0.25) is 4.79 Å². The predicted octanol–water partition coefficient (Wildman–Crippen LogP) is 2.87. The van der Waals surface area contributed by atoms with Gasteiger partial charge in [-0.05, 0) is 49.8 Å².